The highest BCUT2D eigenvalue weighted by atomic mass is 16.4. The zero-order chi connectivity index (χ0) is 12.7. The van der Waals surface area contributed by atoms with E-state index in [1.165, 1.54) is 6.33 Å². The van der Waals surface area contributed by atoms with E-state index in [0.29, 0.717) is 12.1 Å². The number of amides is 1. The summed E-state index contributed by atoms with van der Waals surface area (Å²) < 4.78 is 0. The van der Waals surface area contributed by atoms with Crippen LogP contribution in [0.25, 0.3) is 0 Å². The van der Waals surface area contributed by atoms with Crippen LogP contribution in [0.15, 0.2) is 12.5 Å². The Labute approximate surface area is 98.6 Å². The maximum absolute atomic E-state index is 11.0. The van der Waals surface area contributed by atoms with Crippen molar-refractivity contribution in [2.45, 2.75) is 25.8 Å². The number of carbonyl (C=O) groups is 2. The van der Waals surface area contributed by atoms with E-state index in [1.54, 1.807) is 13.1 Å². The zero-order valence-electron chi connectivity index (χ0n) is 9.56. The number of aromatic nitrogens is 2. The number of aliphatic carboxylic acids is 1. The number of H-pyrrole nitrogens is 1. The van der Waals surface area contributed by atoms with Crippen LogP contribution in [-0.4, -0.2) is 39.7 Å². The summed E-state index contributed by atoms with van der Waals surface area (Å²) in [6.45, 7) is 1.86. The van der Waals surface area contributed by atoms with E-state index >= 15 is 0 Å². The second kappa shape index (κ2) is 6.64. The molecule has 1 atom stereocenters. The van der Waals surface area contributed by atoms with Crippen molar-refractivity contribution in [2.75, 3.05) is 6.67 Å². The van der Waals surface area contributed by atoms with Gasteiger partial charge in [-0.3, -0.25) is 14.9 Å². The van der Waals surface area contributed by atoms with Gasteiger partial charge in [0.15, 0.2) is 0 Å². The molecule has 0 aliphatic heterocycles. The van der Waals surface area contributed by atoms with Gasteiger partial charge < -0.3 is 15.4 Å². The molecule has 0 bridgehead atoms. The number of rotatable bonds is 7. The van der Waals surface area contributed by atoms with Crippen LogP contribution < -0.4 is 10.6 Å². The van der Waals surface area contributed by atoms with Gasteiger partial charge in [-0.25, -0.2) is 4.98 Å². The van der Waals surface area contributed by atoms with E-state index in [1.807, 2.05) is 0 Å². The number of carboxylic acids is 1. The van der Waals surface area contributed by atoms with Gasteiger partial charge in [-0.05, 0) is 0 Å². The van der Waals surface area contributed by atoms with Crippen molar-refractivity contribution >= 4 is 11.9 Å². The van der Waals surface area contributed by atoms with Gasteiger partial charge >= 0.3 is 5.97 Å². The molecule has 1 amide bonds. The van der Waals surface area contributed by atoms with E-state index in [4.69, 9.17) is 5.11 Å². The SMILES string of the molecule is CCC(=O)NCN[C@@H](Cc1c[nH]cn1)C(=O)O. The van der Waals surface area contributed by atoms with Gasteiger partial charge in [0.2, 0.25) is 5.91 Å². The van der Waals surface area contributed by atoms with Crippen molar-refractivity contribution in [2.24, 2.45) is 0 Å². The molecule has 4 N–H and O–H groups in total. The molecule has 0 unspecified atom stereocenters. The summed E-state index contributed by atoms with van der Waals surface area (Å²) in [5.74, 6) is -1.10. The minimum Gasteiger partial charge on any atom is -0.480 e. The molecule has 0 aliphatic carbocycles. The summed E-state index contributed by atoms with van der Waals surface area (Å²) in [5.41, 5.74) is 0.659. The fraction of sp³-hybridized carbons (Fsp3) is 0.500. The summed E-state index contributed by atoms with van der Waals surface area (Å²) in [6.07, 6.45) is 3.77. The summed E-state index contributed by atoms with van der Waals surface area (Å²) in [4.78, 5) is 28.6. The highest BCUT2D eigenvalue weighted by Crippen LogP contribution is 1.98. The molecule has 7 nitrogen and oxygen atoms in total. The Morgan fingerprint density at radius 2 is 2.35 bits per heavy atom. The maximum atomic E-state index is 11.0. The lowest BCUT2D eigenvalue weighted by atomic mass is 10.2. The molecule has 0 radical (unpaired) electrons. The molecule has 94 valence electrons. The summed E-state index contributed by atoms with van der Waals surface area (Å²) in [5, 5.41) is 14.3. The van der Waals surface area contributed by atoms with Gasteiger partial charge in [-0.15, -0.1) is 0 Å². The number of nitrogens with zero attached hydrogens (tertiary/aromatic N) is 1. The largest absolute Gasteiger partial charge is 0.480 e. The van der Waals surface area contributed by atoms with Crippen LogP contribution in [0.2, 0.25) is 0 Å². The molecule has 0 aliphatic rings. The van der Waals surface area contributed by atoms with Crippen LogP contribution in [0.1, 0.15) is 19.0 Å². The second-order valence-electron chi connectivity index (χ2n) is 3.49. The van der Waals surface area contributed by atoms with Gasteiger partial charge in [0.05, 0.1) is 18.7 Å². The summed E-state index contributed by atoms with van der Waals surface area (Å²) in [7, 11) is 0. The average Bonchev–Trinajstić information content (AvgIpc) is 2.80. The van der Waals surface area contributed by atoms with E-state index in [2.05, 4.69) is 20.6 Å². The number of carbonyl (C=O) groups excluding carboxylic acids is 1. The summed E-state index contributed by atoms with van der Waals surface area (Å²) in [6, 6.07) is -0.768. The van der Waals surface area contributed by atoms with E-state index in [9.17, 15) is 9.59 Å². The normalized spacial score (nSPS) is 12.1. The van der Waals surface area contributed by atoms with Crippen molar-refractivity contribution in [3.05, 3.63) is 18.2 Å². The lowest BCUT2D eigenvalue weighted by Gasteiger charge is -2.13. The zero-order valence-corrected chi connectivity index (χ0v) is 9.56. The van der Waals surface area contributed by atoms with Gasteiger partial charge in [0, 0.05) is 19.0 Å². The minimum absolute atomic E-state index is 0.124. The van der Waals surface area contributed by atoms with E-state index < -0.39 is 12.0 Å². The molecule has 0 aromatic carbocycles. The first kappa shape index (κ1) is 13.2. The predicted octanol–water partition coefficient (Wildman–Crippen LogP) is -0.521. The number of carboxylic acid groups (broad SMARTS) is 1. The molecule has 1 heterocycles. The molecule has 1 rings (SSSR count). The third kappa shape index (κ3) is 4.64. The first-order chi connectivity index (χ1) is 8.13. The number of aromatic amines is 1. The van der Waals surface area contributed by atoms with Crippen molar-refractivity contribution in [1.82, 2.24) is 20.6 Å². The van der Waals surface area contributed by atoms with Crippen LogP contribution in [-0.2, 0) is 16.0 Å². The lowest BCUT2D eigenvalue weighted by Crippen LogP contribution is -2.44. The molecule has 0 saturated heterocycles. The topological polar surface area (TPSA) is 107 Å². The third-order valence-electron chi connectivity index (χ3n) is 2.22. The Bertz CT molecular complexity index is 364. The predicted molar refractivity (Wildman–Crippen MR) is 60.2 cm³/mol. The molecule has 7 heteroatoms. The van der Waals surface area contributed by atoms with Gasteiger partial charge in [0.1, 0.15) is 6.04 Å². The third-order valence-corrected chi connectivity index (χ3v) is 2.22. The van der Waals surface area contributed by atoms with Crippen LogP contribution in [0, 0.1) is 0 Å². The van der Waals surface area contributed by atoms with Crippen molar-refractivity contribution in [1.29, 1.82) is 0 Å². The van der Waals surface area contributed by atoms with Gasteiger partial charge in [0.25, 0.3) is 0 Å². The molecule has 0 fully saturated rings. The highest BCUT2D eigenvalue weighted by molar-refractivity contribution is 5.76. The maximum Gasteiger partial charge on any atom is 0.321 e. The molecule has 0 saturated carbocycles. The molecule has 1 aromatic heterocycles. The first-order valence-electron chi connectivity index (χ1n) is 5.34. The fourth-order valence-electron chi connectivity index (χ4n) is 1.26. The number of hydrogen-bond donors (Lipinski definition) is 4. The molecular formula is C10H16N4O3. The molecule has 17 heavy (non-hydrogen) atoms. The fourth-order valence-corrected chi connectivity index (χ4v) is 1.26. The van der Waals surface area contributed by atoms with Gasteiger partial charge in [-0.1, -0.05) is 6.92 Å². The van der Waals surface area contributed by atoms with Crippen LogP contribution in [0.4, 0.5) is 0 Å². The number of imidazole rings is 1. The summed E-state index contributed by atoms with van der Waals surface area (Å²) >= 11 is 0. The number of hydrogen-bond acceptors (Lipinski definition) is 4. The van der Waals surface area contributed by atoms with E-state index in [-0.39, 0.29) is 19.0 Å². The monoisotopic (exact) mass is 240 g/mol. The Morgan fingerprint density at radius 1 is 1.59 bits per heavy atom. The second-order valence-corrected chi connectivity index (χ2v) is 3.49. The molecule has 0 spiro atoms. The highest BCUT2D eigenvalue weighted by Gasteiger charge is 2.18. The quantitative estimate of drug-likeness (QED) is 0.480. The Balaban J connectivity index is 2.39. The Hall–Kier alpha value is -1.89. The Kier molecular flexibility index (Phi) is 5.15. The Morgan fingerprint density at radius 3 is 2.88 bits per heavy atom. The average molecular weight is 240 g/mol. The van der Waals surface area contributed by atoms with Crippen molar-refractivity contribution in [3.63, 3.8) is 0 Å². The first-order valence-corrected chi connectivity index (χ1v) is 5.34. The van der Waals surface area contributed by atoms with Crippen LogP contribution in [0.5, 0.6) is 0 Å². The van der Waals surface area contributed by atoms with Crippen LogP contribution in [0.3, 0.4) is 0 Å². The molecule has 1 aromatic rings. The standard InChI is InChI=1S/C10H16N4O3/c1-2-9(15)14-6-13-8(10(16)17)3-7-4-11-5-12-7/h4-5,8,13H,2-3,6H2,1H3,(H,11,12)(H,14,15)(H,16,17)/t8-/m0/s1. The number of nitrogens with one attached hydrogen (secondary N) is 3. The van der Waals surface area contributed by atoms with Gasteiger partial charge in [-0.2, -0.15) is 0 Å². The van der Waals surface area contributed by atoms with Crippen molar-refractivity contribution in [3.8, 4) is 0 Å². The minimum atomic E-state index is -0.973. The smallest absolute Gasteiger partial charge is 0.321 e. The van der Waals surface area contributed by atoms with Crippen molar-refractivity contribution < 1.29 is 14.7 Å². The molecular weight excluding hydrogens is 224 g/mol. The lowest BCUT2D eigenvalue weighted by molar-refractivity contribution is -0.139. The van der Waals surface area contributed by atoms with Crippen LogP contribution >= 0.6 is 0 Å². The van der Waals surface area contributed by atoms with E-state index in [0.717, 1.165) is 0 Å².